The number of aromatic nitrogens is 1. The molecule has 0 bridgehead atoms. The molecule has 1 N–H and O–H groups in total. The summed E-state index contributed by atoms with van der Waals surface area (Å²) >= 11 is 21.6. The summed E-state index contributed by atoms with van der Waals surface area (Å²) < 4.78 is 9.44. The standard InChI is InChI=1S/C6H5Cl3NO3PS.C6H15N/c1-12-14(11,15)13-6-4(8)2-3(7)5(9)10-6;1-4-7(5-2)6-3/h2H,1H3,(H,11,15);4-6H2,1-3H3. The molecule has 5 nitrogen and oxygen atoms in total. The summed E-state index contributed by atoms with van der Waals surface area (Å²) in [5.74, 6) is -0.112. The molecule has 0 aromatic carbocycles. The van der Waals surface area contributed by atoms with Crippen LogP contribution in [0.2, 0.25) is 15.2 Å². The van der Waals surface area contributed by atoms with Gasteiger partial charge in [0.15, 0.2) is 5.15 Å². The molecule has 0 aliphatic carbocycles. The highest BCUT2D eigenvalue weighted by molar-refractivity contribution is 8.07. The smallest absolute Gasteiger partial charge is 0.378 e. The molecular formula is C12H20Cl3N2O3PS. The summed E-state index contributed by atoms with van der Waals surface area (Å²) in [5.41, 5.74) is 0. The molecule has 0 amide bonds. The molecule has 0 aliphatic rings. The van der Waals surface area contributed by atoms with Crippen LogP contribution in [-0.2, 0) is 16.3 Å². The number of pyridine rings is 1. The van der Waals surface area contributed by atoms with E-state index in [-0.39, 0.29) is 21.1 Å². The normalized spacial score (nSPS) is 13.3. The molecule has 1 unspecified atom stereocenters. The van der Waals surface area contributed by atoms with E-state index in [1.165, 1.54) is 32.8 Å². The molecule has 0 aliphatic heterocycles. The Hall–Kier alpha value is 0.350. The van der Waals surface area contributed by atoms with Crippen LogP contribution in [-0.4, -0.2) is 41.5 Å². The molecule has 128 valence electrons. The molecule has 1 heterocycles. The van der Waals surface area contributed by atoms with E-state index >= 15 is 0 Å². The Bertz CT molecular complexity index is 513. The van der Waals surface area contributed by atoms with Crippen molar-refractivity contribution in [1.29, 1.82) is 0 Å². The molecular weight excluding hydrogens is 390 g/mol. The van der Waals surface area contributed by atoms with Gasteiger partial charge in [-0.3, -0.25) is 0 Å². The minimum atomic E-state index is -3.37. The van der Waals surface area contributed by atoms with E-state index in [9.17, 15) is 4.89 Å². The van der Waals surface area contributed by atoms with Crippen molar-refractivity contribution in [3.8, 4) is 5.88 Å². The molecule has 0 fully saturated rings. The minimum Gasteiger partial charge on any atom is -0.404 e. The first kappa shape index (κ1) is 22.4. The molecule has 10 heteroatoms. The van der Waals surface area contributed by atoms with Gasteiger partial charge in [0.25, 0.3) is 0 Å². The van der Waals surface area contributed by atoms with Crippen molar-refractivity contribution in [2.45, 2.75) is 20.8 Å². The molecule has 0 radical (unpaired) electrons. The molecule has 1 aromatic rings. The highest BCUT2D eigenvalue weighted by Gasteiger charge is 2.19. The van der Waals surface area contributed by atoms with Gasteiger partial charge in [-0.15, -0.1) is 0 Å². The maximum absolute atomic E-state index is 9.37. The third kappa shape index (κ3) is 8.27. The van der Waals surface area contributed by atoms with Crippen LogP contribution in [0.4, 0.5) is 0 Å². The Morgan fingerprint density at radius 1 is 1.18 bits per heavy atom. The van der Waals surface area contributed by atoms with Crippen LogP contribution in [0.15, 0.2) is 6.07 Å². The Kier molecular flexibility index (Phi) is 11.2. The number of rotatable bonds is 6. The Balaban J connectivity index is 0.000000534. The molecule has 0 saturated carbocycles. The lowest BCUT2D eigenvalue weighted by molar-refractivity contribution is 0.309. The van der Waals surface area contributed by atoms with Crippen LogP contribution in [0.1, 0.15) is 20.8 Å². The van der Waals surface area contributed by atoms with E-state index in [1.807, 2.05) is 0 Å². The number of halogens is 3. The predicted molar refractivity (Wildman–Crippen MR) is 96.9 cm³/mol. The van der Waals surface area contributed by atoms with Gasteiger partial charge in [-0.25, -0.2) is 0 Å². The van der Waals surface area contributed by atoms with Crippen molar-refractivity contribution < 1.29 is 13.9 Å². The zero-order valence-electron chi connectivity index (χ0n) is 12.8. The van der Waals surface area contributed by atoms with Gasteiger partial charge in [0.1, 0.15) is 5.02 Å². The Morgan fingerprint density at radius 2 is 1.68 bits per heavy atom. The largest absolute Gasteiger partial charge is 0.404 e. The maximum Gasteiger partial charge on any atom is 0.378 e. The van der Waals surface area contributed by atoms with Crippen LogP contribution >= 0.6 is 41.5 Å². The summed E-state index contributed by atoms with van der Waals surface area (Å²) in [7, 11) is 1.21. The topological polar surface area (TPSA) is 54.8 Å². The second-order valence-corrected chi connectivity index (χ2v) is 7.95. The summed E-state index contributed by atoms with van der Waals surface area (Å²) in [6.45, 7) is 6.75. The fraction of sp³-hybridized carbons (Fsp3) is 0.583. The summed E-state index contributed by atoms with van der Waals surface area (Å²) in [6.07, 6.45) is 0. The van der Waals surface area contributed by atoms with Gasteiger partial charge >= 0.3 is 6.72 Å². The van der Waals surface area contributed by atoms with Gasteiger partial charge in [-0.05, 0) is 25.7 Å². The summed E-state index contributed by atoms with van der Waals surface area (Å²) in [4.78, 5) is 15.4. The number of hydrogen-bond donors (Lipinski definition) is 1. The van der Waals surface area contributed by atoms with Crippen LogP contribution in [0.5, 0.6) is 5.88 Å². The SMILES string of the molecule is CCN(CC)CC.COP(O)(=S)Oc1nc(Cl)c(Cl)cc1Cl. The first-order chi connectivity index (χ1) is 10.2. The van der Waals surface area contributed by atoms with Crippen LogP contribution < -0.4 is 4.52 Å². The predicted octanol–water partition coefficient (Wildman–Crippen LogP) is 4.63. The summed E-state index contributed by atoms with van der Waals surface area (Å²) in [5, 5.41) is 0.268. The lowest BCUT2D eigenvalue weighted by atomic mass is 10.5. The van der Waals surface area contributed by atoms with Crippen LogP contribution in [0.25, 0.3) is 0 Å². The highest BCUT2D eigenvalue weighted by Crippen LogP contribution is 2.45. The number of hydrogen-bond acceptors (Lipinski definition) is 5. The molecule has 1 aromatic heterocycles. The van der Waals surface area contributed by atoms with E-state index in [0.717, 1.165) is 0 Å². The first-order valence-electron chi connectivity index (χ1n) is 6.52. The third-order valence-electron chi connectivity index (χ3n) is 2.63. The highest BCUT2D eigenvalue weighted by atomic mass is 35.5. The quantitative estimate of drug-likeness (QED) is 0.546. The van der Waals surface area contributed by atoms with E-state index in [0.29, 0.717) is 0 Å². The van der Waals surface area contributed by atoms with Crippen molar-refractivity contribution in [3.05, 3.63) is 21.3 Å². The maximum atomic E-state index is 9.37. The van der Waals surface area contributed by atoms with Gasteiger partial charge in [-0.2, -0.15) is 4.98 Å². The van der Waals surface area contributed by atoms with Gasteiger partial charge in [0.05, 0.1) is 5.02 Å². The fourth-order valence-electron chi connectivity index (χ4n) is 1.31. The van der Waals surface area contributed by atoms with E-state index in [4.69, 9.17) is 39.3 Å². The zero-order valence-corrected chi connectivity index (χ0v) is 16.8. The zero-order chi connectivity index (χ0) is 17.3. The molecule has 1 atom stereocenters. The van der Waals surface area contributed by atoms with E-state index in [1.54, 1.807) is 0 Å². The summed E-state index contributed by atoms with van der Waals surface area (Å²) in [6, 6.07) is 1.33. The fourth-order valence-corrected chi connectivity index (χ4v) is 2.54. The van der Waals surface area contributed by atoms with Crippen molar-refractivity contribution in [2.24, 2.45) is 0 Å². The molecule has 1 rings (SSSR count). The minimum absolute atomic E-state index is 0.00201. The lowest BCUT2D eigenvalue weighted by Crippen LogP contribution is -2.21. The van der Waals surface area contributed by atoms with Crippen molar-refractivity contribution >= 4 is 53.3 Å². The average molecular weight is 410 g/mol. The van der Waals surface area contributed by atoms with Crippen molar-refractivity contribution in [3.63, 3.8) is 0 Å². The van der Waals surface area contributed by atoms with Gasteiger partial charge in [0.2, 0.25) is 5.88 Å². The lowest BCUT2D eigenvalue weighted by Gasteiger charge is -2.14. The third-order valence-corrected chi connectivity index (χ3v) is 5.11. The first-order valence-corrected chi connectivity index (χ1v) is 10.2. The average Bonchev–Trinajstić information content (AvgIpc) is 2.47. The van der Waals surface area contributed by atoms with Crippen molar-refractivity contribution in [1.82, 2.24) is 9.88 Å². The van der Waals surface area contributed by atoms with Gasteiger partial charge in [-0.1, -0.05) is 55.6 Å². The molecule has 0 spiro atoms. The molecule has 0 saturated heterocycles. The Morgan fingerprint density at radius 3 is 2.05 bits per heavy atom. The molecule has 22 heavy (non-hydrogen) atoms. The van der Waals surface area contributed by atoms with Gasteiger partial charge in [0, 0.05) is 18.9 Å². The number of nitrogens with zero attached hydrogens (tertiary/aromatic N) is 2. The van der Waals surface area contributed by atoms with Crippen LogP contribution in [0.3, 0.4) is 0 Å². The van der Waals surface area contributed by atoms with E-state index < -0.39 is 6.72 Å². The monoisotopic (exact) mass is 408 g/mol. The Labute approximate surface area is 151 Å². The van der Waals surface area contributed by atoms with Crippen molar-refractivity contribution in [2.75, 3.05) is 26.7 Å². The van der Waals surface area contributed by atoms with Crippen LogP contribution in [0, 0.1) is 0 Å². The second kappa shape index (κ2) is 11.0. The second-order valence-electron chi connectivity index (χ2n) is 3.91. The van der Waals surface area contributed by atoms with Gasteiger partial charge < -0.3 is 18.8 Å². The van der Waals surface area contributed by atoms with E-state index in [2.05, 4.69) is 47.0 Å².